The summed E-state index contributed by atoms with van der Waals surface area (Å²) in [4.78, 5) is 25.5. The average Bonchev–Trinajstić information content (AvgIpc) is 2.55. The molecule has 120 valence electrons. The zero-order valence-electron chi connectivity index (χ0n) is 13.6. The number of aryl methyl sites for hydroxylation is 1. The molecule has 2 amide bonds. The van der Waals surface area contributed by atoms with E-state index in [1.165, 1.54) is 0 Å². The van der Waals surface area contributed by atoms with Crippen LogP contribution in [0, 0.1) is 6.92 Å². The van der Waals surface area contributed by atoms with Crippen molar-refractivity contribution in [2.45, 2.75) is 20.4 Å². The molecule has 0 atom stereocenters. The fraction of sp³-hybridized carbons (Fsp3) is 0.263. The summed E-state index contributed by atoms with van der Waals surface area (Å²) in [6.07, 6.45) is 0. The summed E-state index contributed by atoms with van der Waals surface area (Å²) in [6, 6.07) is 17.2. The van der Waals surface area contributed by atoms with E-state index in [0.29, 0.717) is 25.2 Å². The van der Waals surface area contributed by atoms with E-state index in [4.69, 9.17) is 0 Å². The molecule has 0 fully saturated rings. The van der Waals surface area contributed by atoms with Crippen molar-refractivity contribution in [1.29, 1.82) is 0 Å². The molecule has 0 aliphatic carbocycles. The molecule has 23 heavy (non-hydrogen) atoms. The molecule has 0 spiro atoms. The van der Waals surface area contributed by atoms with E-state index in [1.807, 2.05) is 49.4 Å². The number of carbonyl (C=O) groups excluding carboxylic acids is 2. The topological polar surface area (TPSA) is 49.4 Å². The van der Waals surface area contributed by atoms with Gasteiger partial charge >= 0.3 is 0 Å². The molecule has 0 saturated carbocycles. The second-order valence-corrected chi connectivity index (χ2v) is 5.55. The van der Waals surface area contributed by atoms with Crippen LogP contribution in [-0.4, -0.2) is 29.8 Å². The standard InChI is InChI=1S/C19H22N2O2/c1-15-8-10-18(11-9-15)19(23)20-12-13-21(16(2)22)14-17-6-4-3-5-7-17/h3-11H,12-14H2,1-2H3,(H,20,23). The molecular formula is C19H22N2O2. The minimum Gasteiger partial charge on any atom is -0.350 e. The summed E-state index contributed by atoms with van der Waals surface area (Å²) < 4.78 is 0. The molecule has 4 heteroatoms. The summed E-state index contributed by atoms with van der Waals surface area (Å²) in [5, 5.41) is 2.86. The number of amides is 2. The van der Waals surface area contributed by atoms with E-state index in [9.17, 15) is 9.59 Å². The number of benzene rings is 2. The Bertz CT molecular complexity index is 651. The highest BCUT2D eigenvalue weighted by Gasteiger charge is 2.10. The molecule has 0 saturated heterocycles. The van der Waals surface area contributed by atoms with Gasteiger partial charge in [0.1, 0.15) is 0 Å². The number of hydrogen-bond donors (Lipinski definition) is 1. The molecule has 0 heterocycles. The van der Waals surface area contributed by atoms with Crippen LogP contribution >= 0.6 is 0 Å². The van der Waals surface area contributed by atoms with E-state index in [-0.39, 0.29) is 11.8 Å². The van der Waals surface area contributed by atoms with E-state index in [0.717, 1.165) is 11.1 Å². The highest BCUT2D eigenvalue weighted by atomic mass is 16.2. The molecule has 2 aromatic carbocycles. The molecule has 0 aliphatic heterocycles. The van der Waals surface area contributed by atoms with Gasteiger partial charge in [-0.3, -0.25) is 9.59 Å². The maximum absolute atomic E-state index is 12.1. The first-order valence-corrected chi connectivity index (χ1v) is 7.70. The largest absolute Gasteiger partial charge is 0.350 e. The molecule has 2 rings (SSSR count). The van der Waals surface area contributed by atoms with Crippen LogP contribution in [0.25, 0.3) is 0 Å². The van der Waals surface area contributed by atoms with Gasteiger partial charge in [0.05, 0.1) is 0 Å². The van der Waals surface area contributed by atoms with Crippen molar-refractivity contribution in [1.82, 2.24) is 10.2 Å². The summed E-state index contributed by atoms with van der Waals surface area (Å²) in [5.74, 6) is -0.119. The lowest BCUT2D eigenvalue weighted by Gasteiger charge is -2.21. The molecule has 4 nitrogen and oxygen atoms in total. The second kappa shape index (κ2) is 8.13. The number of nitrogens with one attached hydrogen (secondary N) is 1. The van der Waals surface area contributed by atoms with Gasteiger partial charge in [-0.25, -0.2) is 0 Å². The number of carbonyl (C=O) groups is 2. The van der Waals surface area contributed by atoms with Gasteiger partial charge in [0.25, 0.3) is 5.91 Å². The fourth-order valence-electron chi connectivity index (χ4n) is 2.26. The third-order valence-corrected chi connectivity index (χ3v) is 3.64. The number of hydrogen-bond acceptors (Lipinski definition) is 2. The van der Waals surface area contributed by atoms with Crippen molar-refractivity contribution in [2.24, 2.45) is 0 Å². The first kappa shape index (κ1) is 16.7. The lowest BCUT2D eigenvalue weighted by molar-refractivity contribution is -0.129. The number of nitrogens with zero attached hydrogens (tertiary/aromatic N) is 1. The van der Waals surface area contributed by atoms with Crippen LogP contribution in [-0.2, 0) is 11.3 Å². The fourth-order valence-corrected chi connectivity index (χ4v) is 2.26. The average molecular weight is 310 g/mol. The van der Waals surface area contributed by atoms with Crippen LogP contribution in [0.1, 0.15) is 28.4 Å². The van der Waals surface area contributed by atoms with Crippen molar-refractivity contribution in [3.63, 3.8) is 0 Å². The van der Waals surface area contributed by atoms with Crippen LogP contribution in [0.3, 0.4) is 0 Å². The van der Waals surface area contributed by atoms with Crippen molar-refractivity contribution in [2.75, 3.05) is 13.1 Å². The Morgan fingerprint density at radius 2 is 1.65 bits per heavy atom. The Kier molecular flexibility index (Phi) is 5.92. The minimum atomic E-state index is -0.117. The molecule has 0 aromatic heterocycles. The van der Waals surface area contributed by atoms with Crippen LogP contribution in [0.15, 0.2) is 54.6 Å². The summed E-state index contributed by atoms with van der Waals surface area (Å²) in [6.45, 7) is 5.00. The molecule has 0 bridgehead atoms. The Morgan fingerprint density at radius 1 is 1.00 bits per heavy atom. The first-order valence-electron chi connectivity index (χ1n) is 7.70. The predicted octanol–water partition coefficient (Wildman–Crippen LogP) is 2.77. The van der Waals surface area contributed by atoms with Gasteiger partial charge < -0.3 is 10.2 Å². The van der Waals surface area contributed by atoms with Crippen molar-refractivity contribution >= 4 is 11.8 Å². The zero-order valence-corrected chi connectivity index (χ0v) is 13.6. The monoisotopic (exact) mass is 310 g/mol. The van der Waals surface area contributed by atoms with E-state index >= 15 is 0 Å². The maximum Gasteiger partial charge on any atom is 0.251 e. The zero-order chi connectivity index (χ0) is 16.7. The Hall–Kier alpha value is -2.62. The Labute approximate surface area is 137 Å². The lowest BCUT2D eigenvalue weighted by atomic mass is 10.1. The smallest absolute Gasteiger partial charge is 0.251 e. The molecule has 0 aliphatic rings. The Balaban J connectivity index is 1.85. The van der Waals surface area contributed by atoms with Crippen molar-refractivity contribution in [3.8, 4) is 0 Å². The van der Waals surface area contributed by atoms with Gasteiger partial charge in [-0.2, -0.15) is 0 Å². The van der Waals surface area contributed by atoms with E-state index in [2.05, 4.69) is 5.32 Å². The third-order valence-electron chi connectivity index (χ3n) is 3.64. The van der Waals surface area contributed by atoms with Crippen molar-refractivity contribution < 1.29 is 9.59 Å². The van der Waals surface area contributed by atoms with Crippen LogP contribution < -0.4 is 5.32 Å². The van der Waals surface area contributed by atoms with Crippen LogP contribution in [0.2, 0.25) is 0 Å². The number of rotatable bonds is 6. The van der Waals surface area contributed by atoms with Crippen LogP contribution in [0.4, 0.5) is 0 Å². The van der Waals surface area contributed by atoms with Gasteiger partial charge in [-0.05, 0) is 24.6 Å². The molecule has 2 aromatic rings. The minimum absolute atomic E-state index is 0.00145. The van der Waals surface area contributed by atoms with E-state index < -0.39 is 0 Å². The van der Waals surface area contributed by atoms with Gasteiger partial charge in [0, 0.05) is 32.1 Å². The molecular weight excluding hydrogens is 288 g/mol. The molecule has 0 radical (unpaired) electrons. The van der Waals surface area contributed by atoms with Crippen molar-refractivity contribution in [3.05, 3.63) is 71.3 Å². The van der Waals surface area contributed by atoms with Gasteiger partial charge in [-0.15, -0.1) is 0 Å². The SMILES string of the molecule is CC(=O)N(CCNC(=O)c1ccc(C)cc1)Cc1ccccc1. The van der Waals surface area contributed by atoms with Gasteiger partial charge in [-0.1, -0.05) is 48.0 Å². The third kappa shape index (κ3) is 5.25. The summed E-state index contributed by atoms with van der Waals surface area (Å²) in [5.41, 5.74) is 2.83. The summed E-state index contributed by atoms with van der Waals surface area (Å²) >= 11 is 0. The lowest BCUT2D eigenvalue weighted by Crippen LogP contribution is -2.37. The molecule has 1 N–H and O–H groups in total. The highest BCUT2D eigenvalue weighted by Crippen LogP contribution is 2.05. The maximum atomic E-state index is 12.1. The van der Waals surface area contributed by atoms with Gasteiger partial charge in [0.2, 0.25) is 5.91 Å². The molecule has 0 unspecified atom stereocenters. The quantitative estimate of drug-likeness (QED) is 0.892. The normalized spacial score (nSPS) is 10.2. The van der Waals surface area contributed by atoms with Gasteiger partial charge in [0.15, 0.2) is 0 Å². The van der Waals surface area contributed by atoms with Crippen LogP contribution in [0.5, 0.6) is 0 Å². The first-order chi connectivity index (χ1) is 11.1. The second-order valence-electron chi connectivity index (χ2n) is 5.55. The highest BCUT2D eigenvalue weighted by molar-refractivity contribution is 5.94. The predicted molar refractivity (Wildman–Crippen MR) is 91.0 cm³/mol. The summed E-state index contributed by atoms with van der Waals surface area (Å²) in [7, 11) is 0. The van der Waals surface area contributed by atoms with E-state index in [1.54, 1.807) is 24.0 Å². The Morgan fingerprint density at radius 3 is 2.26 bits per heavy atom.